The van der Waals surface area contributed by atoms with Gasteiger partial charge in [0.25, 0.3) is 0 Å². The second-order valence-electron chi connectivity index (χ2n) is 2.99. The minimum atomic E-state index is -0.177. The van der Waals surface area contributed by atoms with E-state index in [9.17, 15) is 0 Å². The fourth-order valence-electron chi connectivity index (χ4n) is 1.40. The van der Waals surface area contributed by atoms with Crippen LogP contribution in [0.4, 0.5) is 0 Å². The van der Waals surface area contributed by atoms with Crippen LogP contribution in [0.1, 0.15) is 38.5 Å². The van der Waals surface area contributed by atoms with Gasteiger partial charge in [-0.3, -0.25) is 0 Å². The first-order valence-electron chi connectivity index (χ1n) is 3.87. The van der Waals surface area contributed by atoms with Crippen molar-refractivity contribution in [2.45, 2.75) is 42.8 Å². The van der Waals surface area contributed by atoms with Gasteiger partial charge in [0.1, 0.15) is 4.32 Å². The molecule has 0 N–H and O–H groups in total. The van der Waals surface area contributed by atoms with Gasteiger partial charge in [-0.2, -0.15) is 5.26 Å². The third-order valence-corrected chi connectivity index (χ3v) is 3.07. The van der Waals surface area contributed by atoms with Crippen molar-refractivity contribution in [1.82, 2.24) is 0 Å². The predicted octanol–water partition coefficient (Wildman–Crippen LogP) is 3.00. The molecule has 10 heavy (non-hydrogen) atoms. The molecule has 0 bridgehead atoms. The summed E-state index contributed by atoms with van der Waals surface area (Å²) < 4.78 is -0.177. The first-order valence-corrected chi connectivity index (χ1v) is 4.66. The molecule has 1 fully saturated rings. The second-order valence-corrected chi connectivity index (χ2v) is 4.51. The molecule has 0 amide bonds. The van der Waals surface area contributed by atoms with Crippen molar-refractivity contribution in [2.75, 3.05) is 0 Å². The normalized spacial score (nSPS) is 24.8. The van der Waals surface area contributed by atoms with Crippen molar-refractivity contribution < 1.29 is 0 Å². The highest BCUT2D eigenvalue weighted by atomic mass is 79.9. The lowest BCUT2D eigenvalue weighted by molar-refractivity contribution is 0.631. The summed E-state index contributed by atoms with van der Waals surface area (Å²) in [5.74, 6) is 0. The van der Waals surface area contributed by atoms with Crippen LogP contribution in [0.15, 0.2) is 0 Å². The Balaban J connectivity index is 2.51. The average molecular weight is 202 g/mol. The molecule has 1 nitrogen and oxygen atoms in total. The van der Waals surface area contributed by atoms with Crippen LogP contribution < -0.4 is 0 Å². The van der Waals surface area contributed by atoms with E-state index in [1.165, 1.54) is 25.7 Å². The molecule has 2 heteroatoms. The molecule has 0 spiro atoms. The van der Waals surface area contributed by atoms with Crippen molar-refractivity contribution in [2.24, 2.45) is 0 Å². The standard InChI is InChI=1S/C8H12BrN/c9-8(7-10)5-3-1-2-4-6-8/h1-6H2. The molecular formula is C8H12BrN. The Morgan fingerprint density at radius 1 is 1.10 bits per heavy atom. The lowest BCUT2D eigenvalue weighted by Crippen LogP contribution is -2.15. The summed E-state index contributed by atoms with van der Waals surface area (Å²) in [6, 6.07) is 2.34. The highest BCUT2D eigenvalue weighted by Gasteiger charge is 2.26. The highest BCUT2D eigenvalue weighted by molar-refractivity contribution is 9.10. The molecule has 0 aromatic carbocycles. The van der Waals surface area contributed by atoms with E-state index in [-0.39, 0.29) is 4.32 Å². The third-order valence-electron chi connectivity index (χ3n) is 2.10. The predicted molar refractivity (Wildman–Crippen MR) is 45.0 cm³/mol. The zero-order chi connectivity index (χ0) is 7.45. The van der Waals surface area contributed by atoms with Crippen LogP contribution in [-0.2, 0) is 0 Å². The van der Waals surface area contributed by atoms with Gasteiger partial charge in [0.2, 0.25) is 0 Å². The Hall–Kier alpha value is -0.0300. The molecule has 0 aliphatic heterocycles. The summed E-state index contributed by atoms with van der Waals surface area (Å²) in [5, 5.41) is 8.78. The third kappa shape index (κ3) is 1.98. The van der Waals surface area contributed by atoms with Gasteiger partial charge in [0, 0.05) is 0 Å². The first kappa shape index (κ1) is 8.07. The number of alkyl halides is 1. The van der Waals surface area contributed by atoms with Gasteiger partial charge in [0.15, 0.2) is 0 Å². The first-order chi connectivity index (χ1) is 4.77. The SMILES string of the molecule is N#CC1(Br)CCCCCC1. The molecule has 1 aliphatic rings. The quantitative estimate of drug-likeness (QED) is 0.437. The molecule has 0 unspecified atom stereocenters. The number of halogens is 1. The molecule has 0 atom stereocenters. The highest BCUT2D eigenvalue weighted by Crippen LogP contribution is 2.33. The smallest absolute Gasteiger partial charge is 0.112 e. The maximum absolute atomic E-state index is 8.78. The molecule has 1 rings (SSSR count). The second kappa shape index (κ2) is 3.39. The lowest BCUT2D eigenvalue weighted by atomic mass is 10.0. The van der Waals surface area contributed by atoms with Gasteiger partial charge >= 0.3 is 0 Å². The van der Waals surface area contributed by atoms with E-state index in [1.54, 1.807) is 0 Å². The van der Waals surface area contributed by atoms with Crippen LogP contribution in [-0.4, -0.2) is 4.32 Å². The van der Waals surface area contributed by atoms with E-state index in [4.69, 9.17) is 5.26 Å². The lowest BCUT2D eigenvalue weighted by Gasteiger charge is -2.14. The summed E-state index contributed by atoms with van der Waals surface area (Å²) in [6.45, 7) is 0. The molecular weight excluding hydrogens is 190 g/mol. The van der Waals surface area contributed by atoms with Crippen molar-refractivity contribution >= 4 is 15.9 Å². The molecule has 56 valence electrons. The van der Waals surface area contributed by atoms with Gasteiger partial charge < -0.3 is 0 Å². The minimum absolute atomic E-state index is 0.177. The zero-order valence-corrected chi connectivity index (χ0v) is 7.65. The fourth-order valence-corrected chi connectivity index (χ4v) is 1.96. The molecule has 0 aromatic heterocycles. The number of hydrogen-bond donors (Lipinski definition) is 0. The fraction of sp³-hybridized carbons (Fsp3) is 0.875. The van der Waals surface area contributed by atoms with Gasteiger partial charge in [-0.05, 0) is 12.8 Å². The Bertz CT molecular complexity index is 140. The van der Waals surface area contributed by atoms with E-state index in [2.05, 4.69) is 22.0 Å². The maximum atomic E-state index is 8.78. The van der Waals surface area contributed by atoms with E-state index >= 15 is 0 Å². The number of rotatable bonds is 0. The van der Waals surface area contributed by atoms with E-state index in [0.29, 0.717) is 0 Å². The van der Waals surface area contributed by atoms with Gasteiger partial charge in [-0.25, -0.2) is 0 Å². The summed E-state index contributed by atoms with van der Waals surface area (Å²) in [6.07, 6.45) is 7.08. The number of nitriles is 1. The van der Waals surface area contributed by atoms with Crippen LogP contribution in [0.2, 0.25) is 0 Å². The monoisotopic (exact) mass is 201 g/mol. The zero-order valence-electron chi connectivity index (χ0n) is 6.07. The molecule has 0 aromatic rings. The number of hydrogen-bond acceptors (Lipinski definition) is 1. The minimum Gasteiger partial charge on any atom is -0.197 e. The molecule has 1 saturated carbocycles. The molecule has 0 heterocycles. The van der Waals surface area contributed by atoms with Crippen molar-refractivity contribution in [1.29, 1.82) is 5.26 Å². The van der Waals surface area contributed by atoms with Crippen LogP contribution in [0.5, 0.6) is 0 Å². The van der Waals surface area contributed by atoms with Crippen LogP contribution in [0, 0.1) is 11.3 Å². The van der Waals surface area contributed by atoms with Crippen molar-refractivity contribution in [3.8, 4) is 6.07 Å². The summed E-state index contributed by atoms with van der Waals surface area (Å²) in [5.41, 5.74) is 0. The average Bonchev–Trinajstić information content (AvgIpc) is 2.15. The van der Waals surface area contributed by atoms with Gasteiger partial charge in [-0.15, -0.1) is 0 Å². The van der Waals surface area contributed by atoms with Crippen molar-refractivity contribution in [3.63, 3.8) is 0 Å². The number of nitrogens with zero attached hydrogens (tertiary/aromatic N) is 1. The molecule has 0 radical (unpaired) electrons. The summed E-state index contributed by atoms with van der Waals surface area (Å²) >= 11 is 3.48. The van der Waals surface area contributed by atoms with Gasteiger partial charge in [0.05, 0.1) is 6.07 Å². The van der Waals surface area contributed by atoms with E-state index in [1.807, 2.05) is 0 Å². The van der Waals surface area contributed by atoms with Crippen LogP contribution in [0.25, 0.3) is 0 Å². The van der Waals surface area contributed by atoms with Crippen LogP contribution in [0.3, 0.4) is 0 Å². The molecule has 1 aliphatic carbocycles. The van der Waals surface area contributed by atoms with E-state index < -0.39 is 0 Å². The Kier molecular flexibility index (Phi) is 2.73. The van der Waals surface area contributed by atoms with Crippen LogP contribution >= 0.6 is 15.9 Å². The largest absolute Gasteiger partial charge is 0.197 e. The maximum Gasteiger partial charge on any atom is 0.112 e. The Morgan fingerprint density at radius 2 is 1.60 bits per heavy atom. The van der Waals surface area contributed by atoms with Crippen molar-refractivity contribution in [3.05, 3.63) is 0 Å². The summed E-state index contributed by atoms with van der Waals surface area (Å²) in [7, 11) is 0. The Morgan fingerprint density at radius 3 is 2.00 bits per heavy atom. The topological polar surface area (TPSA) is 23.8 Å². The van der Waals surface area contributed by atoms with Gasteiger partial charge in [-0.1, -0.05) is 41.6 Å². The molecule has 0 saturated heterocycles. The van der Waals surface area contributed by atoms with E-state index in [0.717, 1.165) is 12.8 Å². The summed E-state index contributed by atoms with van der Waals surface area (Å²) in [4.78, 5) is 0. The Labute approximate surface area is 70.5 Å².